The summed E-state index contributed by atoms with van der Waals surface area (Å²) in [7, 11) is 1.30. The molecule has 1 aliphatic heterocycles. The maximum Gasteiger partial charge on any atom is 0.337 e. The lowest BCUT2D eigenvalue weighted by molar-refractivity contribution is -0.122. The molecule has 1 atom stereocenters. The normalized spacial score (nSPS) is 16.6. The fraction of sp³-hybridized carbons (Fsp3) is 0.211. The summed E-state index contributed by atoms with van der Waals surface area (Å²) in [5, 5.41) is 2.77. The molecule has 1 saturated heterocycles. The molecule has 0 aromatic heterocycles. The monoisotopic (exact) mass is 338 g/mol. The molecule has 2 amide bonds. The largest absolute Gasteiger partial charge is 0.465 e. The number of hydrogen-bond acceptors (Lipinski definition) is 4. The van der Waals surface area contributed by atoms with Crippen molar-refractivity contribution >= 4 is 29.2 Å². The van der Waals surface area contributed by atoms with Gasteiger partial charge in [0.1, 0.15) is 0 Å². The van der Waals surface area contributed by atoms with E-state index in [1.165, 1.54) is 7.11 Å². The molecule has 25 heavy (non-hydrogen) atoms. The second-order valence-electron chi connectivity index (χ2n) is 5.80. The first-order chi connectivity index (χ1) is 12.1. The van der Waals surface area contributed by atoms with Gasteiger partial charge in [0, 0.05) is 24.3 Å². The van der Waals surface area contributed by atoms with Crippen molar-refractivity contribution in [1.82, 2.24) is 0 Å². The summed E-state index contributed by atoms with van der Waals surface area (Å²) in [4.78, 5) is 37.9. The number of hydrogen-bond donors (Lipinski definition) is 1. The Morgan fingerprint density at radius 3 is 2.60 bits per heavy atom. The summed E-state index contributed by atoms with van der Waals surface area (Å²) in [5.41, 5.74) is 1.64. The van der Waals surface area contributed by atoms with E-state index < -0.39 is 11.9 Å². The maximum absolute atomic E-state index is 12.5. The minimum Gasteiger partial charge on any atom is -0.465 e. The van der Waals surface area contributed by atoms with Crippen molar-refractivity contribution in [1.29, 1.82) is 0 Å². The first kappa shape index (κ1) is 16.7. The molecule has 2 aromatic rings. The summed E-state index contributed by atoms with van der Waals surface area (Å²) in [5.74, 6) is -1.22. The second-order valence-corrected chi connectivity index (χ2v) is 5.80. The van der Waals surface area contributed by atoms with Crippen LogP contribution in [0.25, 0.3) is 0 Å². The van der Waals surface area contributed by atoms with Gasteiger partial charge in [0.15, 0.2) is 0 Å². The lowest BCUT2D eigenvalue weighted by atomic mass is 10.1. The number of amides is 2. The van der Waals surface area contributed by atoms with Gasteiger partial charge in [-0.15, -0.1) is 0 Å². The van der Waals surface area contributed by atoms with Crippen LogP contribution in [0.5, 0.6) is 0 Å². The molecule has 1 aliphatic rings. The molecule has 1 fully saturated rings. The zero-order chi connectivity index (χ0) is 17.8. The molecule has 0 radical (unpaired) electrons. The van der Waals surface area contributed by atoms with Crippen molar-refractivity contribution in [2.24, 2.45) is 5.92 Å². The number of methoxy groups -OCH3 is 1. The molecular formula is C19H18N2O4. The molecule has 2 aromatic carbocycles. The van der Waals surface area contributed by atoms with Crippen molar-refractivity contribution in [2.45, 2.75) is 6.42 Å². The van der Waals surface area contributed by atoms with E-state index in [1.54, 1.807) is 29.2 Å². The third kappa shape index (κ3) is 3.68. The Labute approximate surface area is 145 Å². The molecule has 1 heterocycles. The van der Waals surface area contributed by atoms with Gasteiger partial charge in [-0.1, -0.05) is 24.3 Å². The highest BCUT2D eigenvalue weighted by molar-refractivity contribution is 6.03. The van der Waals surface area contributed by atoms with E-state index in [0.717, 1.165) is 5.69 Å². The van der Waals surface area contributed by atoms with Gasteiger partial charge in [-0.3, -0.25) is 9.59 Å². The van der Waals surface area contributed by atoms with Gasteiger partial charge >= 0.3 is 5.97 Å². The lowest BCUT2D eigenvalue weighted by Gasteiger charge is -2.16. The highest BCUT2D eigenvalue weighted by atomic mass is 16.5. The van der Waals surface area contributed by atoms with Crippen LogP contribution in [-0.2, 0) is 14.3 Å². The SMILES string of the molecule is COC(=O)c1cccc(NC(=O)C2CC(=O)N(c3ccccc3)C2)c1. The van der Waals surface area contributed by atoms with Gasteiger partial charge in [-0.25, -0.2) is 4.79 Å². The Bertz CT molecular complexity index is 804. The van der Waals surface area contributed by atoms with E-state index in [2.05, 4.69) is 10.1 Å². The zero-order valence-corrected chi connectivity index (χ0v) is 13.8. The van der Waals surface area contributed by atoms with Crippen molar-refractivity contribution in [3.05, 3.63) is 60.2 Å². The molecule has 0 bridgehead atoms. The molecule has 1 unspecified atom stereocenters. The zero-order valence-electron chi connectivity index (χ0n) is 13.8. The van der Waals surface area contributed by atoms with Crippen molar-refractivity contribution < 1.29 is 19.1 Å². The molecule has 0 spiro atoms. The Morgan fingerprint density at radius 2 is 1.88 bits per heavy atom. The quantitative estimate of drug-likeness (QED) is 0.869. The second kappa shape index (κ2) is 7.17. The van der Waals surface area contributed by atoms with Crippen LogP contribution in [0, 0.1) is 5.92 Å². The minimum absolute atomic E-state index is 0.0744. The van der Waals surface area contributed by atoms with Crippen LogP contribution in [0.4, 0.5) is 11.4 Å². The topological polar surface area (TPSA) is 75.7 Å². The van der Waals surface area contributed by atoms with Gasteiger partial charge in [0.05, 0.1) is 18.6 Å². The Kier molecular flexibility index (Phi) is 4.79. The fourth-order valence-corrected chi connectivity index (χ4v) is 2.83. The number of anilines is 2. The fourth-order valence-electron chi connectivity index (χ4n) is 2.83. The van der Waals surface area contributed by atoms with Crippen LogP contribution < -0.4 is 10.2 Å². The number of nitrogens with one attached hydrogen (secondary N) is 1. The van der Waals surface area contributed by atoms with E-state index in [-0.39, 0.29) is 18.2 Å². The molecule has 6 nitrogen and oxygen atoms in total. The Hall–Kier alpha value is -3.15. The summed E-state index contributed by atoms with van der Waals surface area (Å²) in [6, 6.07) is 15.8. The third-order valence-corrected chi connectivity index (χ3v) is 4.11. The highest BCUT2D eigenvalue weighted by Crippen LogP contribution is 2.26. The van der Waals surface area contributed by atoms with E-state index in [0.29, 0.717) is 17.8 Å². The number of ether oxygens (including phenoxy) is 1. The van der Waals surface area contributed by atoms with Crippen LogP contribution in [-0.4, -0.2) is 31.4 Å². The van der Waals surface area contributed by atoms with Crippen molar-refractivity contribution in [2.75, 3.05) is 23.9 Å². The Balaban J connectivity index is 1.68. The van der Waals surface area contributed by atoms with Gasteiger partial charge in [0.2, 0.25) is 11.8 Å². The predicted octanol–water partition coefficient (Wildman–Crippen LogP) is 2.46. The molecule has 128 valence electrons. The van der Waals surface area contributed by atoms with Gasteiger partial charge in [-0.05, 0) is 30.3 Å². The summed E-state index contributed by atoms with van der Waals surface area (Å²) in [6.07, 6.45) is 0.164. The van der Waals surface area contributed by atoms with Gasteiger partial charge < -0.3 is 15.0 Å². The van der Waals surface area contributed by atoms with Crippen molar-refractivity contribution in [3.8, 4) is 0 Å². The standard InChI is InChI=1S/C19H18N2O4/c1-25-19(24)13-6-5-7-15(10-13)20-18(23)14-11-17(22)21(12-14)16-8-3-2-4-9-16/h2-10,14H,11-12H2,1H3,(H,20,23). The van der Waals surface area contributed by atoms with Crippen LogP contribution in [0.15, 0.2) is 54.6 Å². The molecule has 3 rings (SSSR count). The summed E-state index contributed by atoms with van der Waals surface area (Å²) in [6.45, 7) is 0.339. The summed E-state index contributed by atoms with van der Waals surface area (Å²) < 4.78 is 4.67. The first-order valence-corrected chi connectivity index (χ1v) is 7.93. The van der Waals surface area contributed by atoms with E-state index in [9.17, 15) is 14.4 Å². The Morgan fingerprint density at radius 1 is 1.12 bits per heavy atom. The number of nitrogens with zero attached hydrogens (tertiary/aromatic N) is 1. The molecule has 0 aliphatic carbocycles. The van der Waals surface area contributed by atoms with Gasteiger partial charge in [-0.2, -0.15) is 0 Å². The third-order valence-electron chi connectivity index (χ3n) is 4.11. The lowest BCUT2D eigenvalue weighted by Crippen LogP contribution is -2.28. The number of esters is 1. The minimum atomic E-state index is -0.470. The average Bonchev–Trinajstić information content (AvgIpc) is 3.04. The van der Waals surface area contributed by atoms with Crippen LogP contribution in [0.2, 0.25) is 0 Å². The highest BCUT2D eigenvalue weighted by Gasteiger charge is 2.35. The smallest absolute Gasteiger partial charge is 0.337 e. The number of carbonyl (C=O) groups excluding carboxylic acids is 3. The predicted molar refractivity (Wildman–Crippen MR) is 93.3 cm³/mol. The molecule has 0 saturated carbocycles. The first-order valence-electron chi connectivity index (χ1n) is 7.93. The van der Waals surface area contributed by atoms with E-state index in [4.69, 9.17) is 0 Å². The van der Waals surface area contributed by atoms with Crippen LogP contribution >= 0.6 is 0 Å². The van der Waals surface area contributed by atoms with Gasteiger partial charge in [0.25, 0.3) is 0 Å². The number of carbonyl (C=O) groups is 3. The van der Waals surface area contributed by atoms with E-state index in [1.807, 2.05) is 30.3 Å². The summed E-state index contributed by atoms with van der Waals surface area (Å²) >= 11 is 0. The van der Waals surface area contributed by atoms with Crippen molar-refractivity contribution in [3.63, 3.8) is 0 Å². The van der Waals surface area contributed by atoms with Crippen LogP contribution in [0.3, 0.4) is 0 Å². The number of rotatable bonds is 4. The van der Waals surface area contributed by atoms with Crippen LogP contribution in [0.1, 0.15) is 16.8 Å². The number of benzene rings is 2. The number of para-hydroxylation sites is 1. The molecule has 1 N–H and O–H groups in total. The van der Waals surface area contributed by atoms with E-state index >= 15 is 0 Å². The average molecular weight is 338 g/mol. The molecule has 6 heteroatoms. The molecular weight excluding hydrogens is 320 g/mol. The maximum atomic E-state index is 12.5.